The number of hydrogen-bond acceptors (Lipinski definition) is 3. The van der Waals surface area contributed by atoms with Crippen molar-refractivity contribution in [2.24, 2.45) is 16.8 Å². The molecule has 2 N–H and O–H groups in total. The minimum atomic E-state index is 0.160. The zero-order chi connectivity index (χ0) is 22.1. The largest absolute Gasteiger partial charge is 0.359 e. The molecule has 2 fully saturated rings. The maximum Gasteiger partial charge on any atom is 0.220 e. The van der Waals surface area contributed by atoms with Gasteiger partial charge in [0.05, 0.1) is 0 Å². The van der Waals surface area contributed by atoms with E-state index in [4.69, 9.17) is 4.99 Å². The van der Waals surface area contributed by atoms with Crippen LogP contribution >= 0.6 is 0 Å². The molecule has 0 aliphatic carbocycles. The van der Waals surface area contributed by atoms with Crippen LogP contribution in [0, 0.1) is 18.8 Å². The van der Waals surface area contributed by atoms with E-state index in [-0.39, 0.29) is 5.91 Å². The van der Waals surface area contributed by atoms with Gasteiger partial charge in [0.25, 0.3) is 0 Å². The third-order valence-electron chi connectivity index (χ3n) is 6.74. The number of hydrogen-bond donors (Lipinski definition) is 2. The molecule has 0 radical (unpaired) electrons. The molecule has 31 heavy (non-hydrogen) atoms. The lowest BCUT2D eigenvalue weighted by molar-refractivity contribution is -0.121. The summed E-state index contributed by atoms with van der Waals surface area (Å²) in [7, 11) is 1.72. The molecule has 0 atom stereocenters. The number of nitrogens with zero attached hydrogens (tertiary/aromatic N) is 3. The molecular formula is C25H41N5O. The van der Waals surface area contributed by atoms with E-state index in [1.165, 1.54) is 24.0 Å². The van der Waals surface area contributed by atoms with E-state index in [0.29, 0.717) is 18.3 Å². The first-order chi connectivity index (χ1) is 15.1. The first kappa shape index (κ1) is 23.6. The number of carbonyl (C=O) groups excluding carboxylic acids is 1. The molecule has 0 aromatic heterocycles. The predicted molar refractivity (Wildman–Crippen MR) is 128 cm³/mol. The Hall–Kier alpha value is -2.08. The molecule has 0 unspecified atom stereocenters. The number of guanidine groups is 1. The van der Waals surface area contributed by atoms with Gasteiger partial charge in [0.1, 0.15) is 0 Å². The van der Waals surface area contributed by atoms with Gasteiger partial charge in [-0.1, -0.05) is 29.8 Å². The Bertz CT molecular complexity index is 701. The van der Waals surface area contributed by atoms with Gasteiger partial charge in [-0.2, -0.15) is 0 Å². The SMILES string of the molecule is CCNC(=NCC1CCN(Cc2ccc(C)cc2)CC1)N1CCC(CC(=O)NC)CC1. The van der Waals surface area contributed by atoms with Crippen LogP contribution in [0.5, 0.6) is 0 Å². The van der Waals surface area contributed by atoms with E-state index in [1.807, 2.05) is 0 Å². The summed E-state index contributed by atoms with van der Waals surface area (Å²) in [4.78, 5) is 21.6. The van der Waals surface area contributed by atoms with Crippen molar-refractivity contribution in [3.05, 3.63) is 35.4 Å². The molecule has 0 spiro atoms. The van der Waals surface area contributed by atoms with Crippen molar-refractivity contribution in [2.75, 3.05) is 46.3 Å². The monoisotopic (exact) mass is 427 g/mol. The van der Waals surface area contributed by atoms with Gasteiger partial charge in [-0.05, 0) is 70.0 Å². The number of aryl methyl sites for hydroxylation is 1. The van der Waals surface area contributed by atoms with Gasteiger partial charge in [-0.25, -0.2) is 0 Å². The Morgan fingerprint density at radius 1 is 1.03 bits per heavy atom. The first-order valence-corrected chi connectivity index (χ1v) is 12.1. The predicted octanol–water partition coefficient (Wildman–Crippen LogP) is 3.02. The van der Waals surface area contributed by atoms with E-state index in [1.54, 1.807) is 7.05 Å². The Kier molecular flexibility index (Phi) is 9.19. The second-order valence-corrected chi connectivity index (χ2v) is 9.21. The van der Waals surface area contributed by atoms with Crippen molar-refractivity contribution in [1.29, 1.82) is 0 Å². The standard InChI is InChI=1S/C25H41N5O/c1-4-27-25(30-15-11-21(12-16-30)17-24(31)26-3)28-18-22-9-13-29(14-10-22)19-23-7-5-20(2)6-8-23/h5-8,21-22H,4,9-19H2,1-3H3,(H,26,31)(H,27,28). The zero-order valence-corrected chi connectivity index (χ0v) is 19.7. The van der Waals surface area contributed by atoms with E-state index in [9.17, 15) is 4.79 Å². The van der Waals surface area contributed by atoms with Gasteiger partial charge < -0.3 is 15.5 Å². The highest BCUT2D eigenvalue weighted by molar-refractivity contribution is 5.80. The Labute approximate surface area is 188 Å². The average molecular weight is 428 g/mol. The zero-order valence-electron chi connectivity index (χ0n) is 19.7. The van der Waals surface area contributed by atoms with Crippen molar-refractivity contribution < 1.29 is 4.79 Å². The second kappa shape index (κ2) is 12.1. The average Bonchev–Trinajstić information content (AvgIpc) is 2.79. The maximum atomic E-state index is 11.7. The Morgan fingerprint density at radius 2 is 1.68 bits per heavy atom. The van der Waals surface area contributed by atoms with Crippen LogP contribution in [0.2, 0.25) is 0 Å². The summed E-state index contributed by atoms with van der Waals surface area (Å²) < 4.78 is 0. The van der Waals surface area contributed by atoms with Crippen LogP contribution in [0.1, 0.15) is 50.2 Å². The lowest BCUT2D eigenvalue weighted by atomic mass is 9.93. The van der Waals surface area contributed by atoms with Gasteiger partial charge in [0, 0.05) is 46.2 Å². The van der Waals surface area contributed by atoms with E-state index < -0.39 is 0 Å². The maximum absolute atomic E-state index is 11.7. The molecule has 172 valence electrons. The quantitative estimate of drug-likeness (QED) is 0.519. The number of aliphatic imine (C=N–C) groups is 1. The van der Waals surface area contributed by atoms with E-state index in [0.717, 1.165) is 64.6 Å². The van der Waals surface area contributed by atoms with Crippen molar-refractivity contribution in [1.82, 2.24) is 20.4 Å². The Balaban J connectivity index is 1.43. The summed E-state index contributed by atoms with van der Waals surface area (Å²) in [5, 5.41) is 6.24. The molecule has 0 saturated carbocycles. The number of carbonyl (C=O) groups is 1. The van der Waals surface area contributed by atoms with Crippen LogP contribution in [0.15, 0.2) is 29.3 Å². The van der Waals surface area contributed by atoms with Gasteiger partial charge >= 0.3 is 0 Å². The van der Waals surface area contributed by atoms with E-state index in [2.05, 4.69) is 58.5 Å². The lowest BCUT2D eigenvalue weighted by Crippen LogP contribution is -2.46. The number of amides is 1. The van der Waals surface area contributed by atoms with Crippen LogP contribution in [0.3, 0.4) is 0 Å². The highest BCUT2D eigenvalue weighted by Crippen LogP contribution is 2.22. The van der Waals surface area contributed by atoms with Crippen LogP contribution in [0.4, 0.5) is 0 Å². The molecule has 6 heteroatoms. The Morgan fingerprint density at radius 3 is 2.29 bits per heavy atom. The third kappa shape index (κ3) is 7.53. The smallest absolute Gasteiger partial charge is 0.220 e. The number of rotatable bonds is 7. The molecule has 1 aromatic rings. The number of piperidine rings is 2. The van der Waals surface area contributed by atoms with Crippen molar-refractivity contribution in [3.63, 3.8) is 0 Å². The molecular weight excluding hydrogens is 386 g/mol. The summed E-state index contributed by atoms with van der Waals surface area (Å²) >= 11 is 0. The van der Waals surface area contributed by atoms with Crippen molar-refractivity contribution >= 4 is 11.9 Å². The minimum Gasteiger partial charge on any atom is -0.359 e. The van der Waals surface area contributed by atoms with E-state index >= 15 is 0 Å². The third-order valence-corrected chi connectivity index (χ3v) is 6.74. The van der Waals surface area contributed by atoms with Crippen LogP contribution in [0.25, 0.3) is 0 Å². The summed E-state index contributed by atoms with van der Waals surface area (Å²) in [6, 6.07) is 8.93. The molecule has 2 aliphatic rings. The number of benzene rings is 1. The second-order valence-electron chi connectivity index (χ2n) is 9.21. The first-order valence-electron chi connectivity index (χ1n) is 12.1. The molecule has 2 saturated heterocycles. The molecule has 2 aliphatic heterocycles. The minimum absolute atomic E-state index is 0.160. The summed E-state index contributed by atoms with van der Waals surface area (Å²) in [6.07, 6.45) is 5.23. The number of nitrogens with one attached hydrogen (secondary N) is 2. The highest BCUT2D eigenvalue weighted by atomic mass is 16.1. The van der Waals surface area contributed by atoms with Gasteiger partial charge in [0.15, 0.2) is 5.96 Å². The van der Waals surface area contributed by atoms with Gasteiger partial charge in [-0.15, -0.1) is 0 Å². The molecule has 2 heterocycles. The summed E-state index contributed by atoms with van der Waals surface area (Å²) in [5.74, 6) is 2.39. The molecule has 1 aromatic carbocycles. The van der Waals surface area contributed by atoms with Crippen LogP contribution in [-0.4, -0.2) is 68.0 Å². The topological polar surface area (TPSA) is 60.0 Å². The fraction of sp³-hybridized carbons (Fsp3) is 0.680. The number of likely N-dealkylation sites (tertiary alicyclic amines) is 2. The summed E-state index contributed by atoms with van der Waals surface area (Å²) in [6.45, 7) is 11.5. The molecule has 6 nitrogen and oxygen atoms in total. The van der Waals surface area contributed by atoms with Gasteiger partial charge in [0.2, 0.25) is 5.91 Å². The van der Waals surface area contributed by atoms with Gasteiger partial charge in [-0.3, -0.25) is 14.7 Å². The molecule has 1 amide bonds. The van der Waals surface area contributed by atoms with Crippen LogP contribution in [-0.2, 0) is 11.3 Å². The normalized spacial score (nSPS) is 19.5. The van der Waals surface area contributed by atoms with Crippen molar-refractivity contribution in [3.8, 4) is 0 Å². The summed E-state index contributed by atoms with van der Waals surface area (Å²) in [5.41, 5.74) is 2.74. The fourth-order valence-electron chi connectivity index (χ4n) is 4.63. The van der Waals surface area contributed by atoms with Crippen LogP contribution < -0.4 is 10.6 Å². The lowest BCUT2D eigenvalue weighted by Gasteiger charge is -2.35. The molecule has 0 bridgehead atoms. The molecule has 3 rings (SSSR count). The van der Waals surface area contributed by atoms with Crippen molar-refractivity contribution in [2.45, 2.75) is 52.5 Å². The fourth-order valence-corrected chi connectivity index (χ4v) is 4.63. The highest BCUT2D eigenvalue weighted by Gasteiger charge is 2.24.